The number of rotatable bonds is 3. The van der Waals surface area contributed by atoms with Crippen LogP contribution in [0, 0.1) is 13.8 Å². The highest BCUT2D eigenvalue weighted by atomic mass is 79.9. The highest BCUT2D eigenvalue weighted by molar-refractivity contribution is 9.10. The maximum Gasteiger partial charge on any atom is 0.263 e. The van der Waals surface area contributed by atoms with Crippen molar-refractivity contribution in [2.45, 2.75) is 18.7 Å². The van der Waals surface area contributed by atoms with E-state index in [2.05, 4.69) is 25.6 Å². The Kier molecular flexibility index (Phi) is 4.01. The van der Waals surface area contributed by atoms with Crippen molar-refractivity contribution in [3.05, 3.63) is 46.2 Å². The third kappa shape index (κ3) is 3.10. The van der Waals surface area contributed by atoms with Gasteiger partial charge >= 0.3 is 0 Å². The number of halogens is 1. The molecule has 2 rings (SSSR count). The minimum absolute atomic E-state index is 0.0884. The third-order valence-electron chi connectivity index (χ3n) is 2.85. The van der Waals surface area contributed by atoms with Gasteiger partial charge in [0.25, 0.3) is 10.0 Å². The Hall–Kier alpha value is -1.60. The topological polar surface area (TPSA) is 85.1 Å². The van der Waals surface area contributed by atoms with Gasteiger partial charge in [0.05, 0.1) is 5.69 Å². The van der Waals surface area contributed by atoms with Crippen LogP contribution in [0.2, 0.25) is 0 Å². The molecule has 0 saturated carbocycles. The monoisotopic (exact) mass is 355 g/mol. The van der Waals surface area contributed by atoms with Gasteiger partial charge in [-0.1, -0.05) is 6.07 Å². The first kappa shape index (κ1) is 14.8. The molecule has 0 atom stereocenters. The number of nitrogen functional groups attached to an aromatic ring is 1. The lowest BCUT2D eigenvalue weighted by Crippen LogP contribution is -2.14. The van der Waals surface area contributed by atoms with E-state index in [1.54, 1.807) is 6.07 Å². The van der Waals surface area contributed by atoms with Gasteiger partial charge in [0.1, 0.15) is 4.90 Å². The number of anilines is 2. The van der Waals surface area contributed by atoms with E-state index in [4.69, 9.17) is 5.73 Å². The summed E-state index contributed by atoms with van der Waals surface area (Å²) in [5.74, 6) is 0. The van der Waals surface area contributed by atoms with E-state index in [1.165, 1.54) is 18.5 Å². The van der Waals surface area contributed by atoms with Gasteiger partial charge in [-0.3, -0.25) is 9.71 Å². The molecule has 0 aliphatic rings. The summed E-state index contributed by atoms with van der Waals surface area (Å²) in [5.41, 5.74) is 8.54. The van der Waals surface area contributed by atoms with Crippen LogP contribution >= 0.6 is 15.9 Å². The van der Waals surface area contributed by atoms with E-state index in [0.29, 0.717) is 15.8 Å². The molecule has 1 aromatic heterocycles. The predicted octanol–water partition coefficient (Wildman–Crippen LogP) is 2.84. The van der Waals surface area contributed by atoms with Crippen molar-refractivity contribution < 1.29 is 8.42 Å². The number of nitrogens with zero attached hydrogens (tertiary/aromatic N) is 1. The minimum Gasteiger partial charge on any atom is -0.398 e. The summed E-state index contributed by atoms with van der Waals surface area (Å²) in [6, 6.07) is 4.95. The molecule has 3 N–H and O–H groups in total. The van der Waals surface area contributed by atoms with Crippen LogP contribution in [0.25, 0.3) is 0 Å². The van der Waals surface area contributed by atoms with Crippen molar-refractivity contribution >= 4 is 37.3 Å². The SMILES string of the molecule is Cc1cc(C)c(NS(=O)(=O)c2cncc(Br)c2)cc1N. The van der Waals surface area contributed by atoms with Crippen molar-refractivity contribution in [2.75, 3.05) is 10.5 Å². The molecule has 7 heteroatoms. The first-order valence-electron chi connectivity index (χ1n) is 5.80. The van der Waals surface area contributed by atoms with Crippen LogP contribution in [-0.4, -0.2) is 13.4 Å². The molecular weight excluding hydrogens is 342 g/mol. The maximum absolute atomic E-state index is 12.3. The van der Waals surface area contributed by atoms with E-state index >= 15 is 0 Å². The number of pyridine rings is 1. The lowest BCUT2D eigenvalue weighted by Gasteiger charge is -2.12. The number of hydrogen-bond acceptors (Lipinski definition) is 4. The lowest BCUT2D eigenvalue weighted by atomic mass is 10.1. The molecule has 0 amide bonds. The Labute approximate surface area is 126 Å². The molecule has 0 unspecified atom stereocenters. The molecule has 0 spiro atoms. The van der Waals surface area contributed by atoms with Crippen LogP contribution < -0.4 is 10.5 Å². The van der Waals surface area contributed by atoms with Crippen LogP contribution in [0.1, 0.15) is 11.1 Å². The zero-order chi connectivity index (χ0) is 14.9. The second-order valence-electron chi connectivity index (χ2n) is 4.47. The van der Waals surface area contributed by atoms with Crippen molar-refractivity contribution in [3.63, 3.8) is 0 Å². The van der Waals surface area contributed by atoms with Gasteiger partial charge in [-0.25, -0.2) is 8.42 Å². The fourth-order valence-corrected chi connectivity index (χ4v) is 3.35. The Bertz CT molecular complexity index is 760. The van der Waals surface area contributed by atoms with Gasteiger partial charge in [0, 0.05) is 22.6 Å². The second kappa shape index (κ2) is 5.41. The molecule has 1 aromatic carbocycles. The normalized spacial score (nSPS) is 11.3. The summed E-state index contributed by atoms with van der Waals surface area (Å²) in [6.45, 7) is 3.70. The smallest absolute Gasteiger partial charge is 0.263 e. The van der Waals surface area contributed by atoms with Gasteiger partial charge in [0.2, 0.25) is 0 Å². The van der Waals surface area contributed by atoms with Crippen LogP contribution in [0.3, 0.4) is 0 Å². The Morgan fingerprint density at radius 3 is 2.50 bits per heavy atom. The van der Waals surface area contributed by atoms with E-state index in [-0.39, 0.29) is 4.90 Å². The average molecular weight is 356 g/mol. The number of aryl methyl sites for hydroxylation is 2. The van der Waals surface area contributed by atoms with Crippen LogP contribution in [0.4, 0.5) is 11.4 Å². The molecule has 0 radical (unpaired) electrons. The molecule has 106 valence electrons. The molecule has 5 nitrogen and oxygen atoms in total. The Morgan fingerprint density at radius 2 is 1.85 bits per heavy atom. The van der Waals surface area contributed by atoms with Crippen molar-refractivity contribution in [1.29, 1.82) is 0 Å². The van der Waals surface area contributed by atoms with Crippen molar-refractivity contribution in [3.8, 4) is 0 Å². The van der Waals surface area contributed by atoms with Crippen molar-refractivity contribution in [2.24, 2.45) is 0 Å². The maximum atomic E-state index is 12.3. The number of aromatic nitrogens is 1. The summed E-state index contributed by atoms with van der Waals surface area (Å²) < 4.78 is 27.7. The van der Waals surface area contributed by atoms with Crippen LogP contribution in [0.5, 0.6) is 0 Å². The largest absolute Gasteiger partial charge is 0.398 e. The summed E-state index contributed by atoms with van der Waals surface area (Å²) >= 11 is 3.20. The first-order valence-corrected chi connectivity index (χ1v) is 8.07. The molecule has 0 fully saturated rings. The lowest BCUT2D eigenvalue weighted by molar-refractivity contribution is 0.600. The molecule has 0 aliphatic heterocycles. The van der Waals surface area contributed by atoms with Crippen molar-refractivity contribution in [1.82, 2.24) is 4.98 Å². The number of hydrogen-bond donors (Lipinski definition) is 2. The fourth-order valence-electron chi connectivity index (χ4n) is 1.72. The van der Waals surface area contributed by atoms with Gasteiger partial charge in [-0.2, -0.15) is 0 Å². The average Bonchev–Trinajstić information content (AvgIpc) is 2.36. The summed E-state index contributed by atoms with van der Waals surface area (Å²) in [5, 5.41) is 0. The van der Waals surface area contributed by atoms with E-state index in [0.717, 1.165) is 11.1 Å². The Morgan fingerprint density at radius 1 is 1.15 bits per heavy atom. The molecule has 20 heavy (non-hydrogen) atoms. The molecule has 0 bridgehead atoms. The second-order valence-corrected chi connectivity index (χ2v) is 7.07. The van der Waals surface area contributed by atoms with E-state index in [1.807, 2.05) is 19.9 Å². The molecular formula is C13H14BrN3O2S. The minimum atomic E-state index is -3.69. The fraction of sp³-hybridized carbons (Fsp3) is 0.154. The highest BCUT2D eigenvalue weighted by Crippen LogP contribution is 2.25. The van der Waals surface area contributed by atoms with Gasteiger partial charge in [0.15, 0.2) is 0 Å². The summed E-state index contributed by atoms with van der Waals surface area (Å²) in [4.78, 5) is 3.94. The number of sulfonamides is 1. The summed E-state index contributed by atoms with van der Waals surface area (Å²) in [6.07, 6.45) is 2.81. The quantitative estimate of drug-likeness (QED) is 0.829. The predicted molar refractivity (Wildman–Crippen MR) is 83.1 cm³/mol. The molecule has 0 saturated heterocycles. The molecule has 1 heterocycles. The first-order chi connectivity index (χ1) is 9.29. The van der Waals surface area contributed by atoms with Gasteiger partial charge in [-0.15, -0.1) is 0 Å². The van der Waals surface area contributed by atoms with Gasteiger partial charge < -0.3 is 5.73 Å². The highest BCUT2D eigenvalue weighted by Gasteiger charge is 2.16. The molecule has 0 aliphatic carbocycles. The van der Waals surface area contributed by atoms with E-state index in [9.17, 15) is 8.42 Å². The molecule has 2 aromatic rings. The number of benzene rings is 1. The van der Waals surface area contributed by atoms with Crippen LogP contribution in [0.15, 0.2) is 40.0 Å². The third-order valence-corrected chi connectivity index (χ3v) is 4.61. The zero-order valence-corrected chi connectivity index (χ0v) is 13.4. The number of nitrogens with one attached hydrogen (secondary N) is 1. The Balaban J connectivity index is 2.41. The zero-order valence-electron chi connectivity index (χ0n) is 11.0. The standard InChI is InChI=1S/C13H14BrN3O2S/c1-8-3-9(2)13(5-12(8)15)17-20(18,19)11-4-10(14)6-16-7-11/h3-7,17H,15H2,1-2H3. The van der Waals surface area contributed by atoms with Gasteiger partial charge in [-0.05, 0) is 53.0 Å². The summed E-state index contributed by atoms with van der Waals surface area (Å²) in [7, 11) is -3.69. The number of nitrogens with two attached hydrogens (primary N) is 1. The van der Waals surface area contributed by atoms with Crippen LogP contribution in [-0.2, 0) is 10.0 Å². The van der Waals surface area contributed by atoms with E-state index < -0.39 is 10.0 Å².